The van der Waals surface area contributed by atoms with Crippen molar-refractivity contribution in [1.29, 1.82) is 0 Å². The Bertz CT molecular complexity index is 253. The Labute approximate surface area is 84.5 Å². The topological polar surface area (TPSA) is 49.7 Å². The van der Waals surface area contributed by atoms with Gasteiger partial charge in [-0.1, -0.05) is 37.3 Å². The Morgan fingerprint density at radius 1 is 1.36 bits per heavy atom. The van der Waals surface area contributed by atoms with Crippen molar-refractivity contribution < 1.29 is 14.8 Å². The van der Waals surface area contributed by atoms with Crippen molar-refractivity contribution in [2.24, 2.45) is 0 Å². The van der Waals surface area contributed by atoms with Gasteiger partial charge in [-0.2, -0.15) is 0 Å². The summed E-state index contributed by atoms with van der Waals surface area (Å²) in [5, 5.41) is 18.7. The summed E-state index contributed by atoms with van der Waals surface area (Å²) >= 11 is 0. The van der Waals surface area contributed by atoms with Crippen molar-refractivity contribution in [3.05, 3.63) is 30.3 Å². The number of benzene rings is 1. The highest BCUT2D eigenvalue weighted by molar-refractivity contribution is 6.59. The van der Waals surface area contributed by atoms with Crippen molar-refractivity contribution in [1.82, 2.24) is 0 Å². The minimum Gasteiger partial charge on any atom is -0.423 e. The van der Waals surface area contributed by atoms with Crippen LogP contribution in [0.4, 0.5) is 0 Å². The molecule has 1 aromatic carbocycles. The SMILES string of the molecule is CCC(O)COB(O)c1ccccc1. The van der Waals surface area contributed by atoms with Gasteiger partial charge in [-0.05, 0) is 11.9 Å². The van der Waals surface area contributed by atoms with Gasteiger partial charge in [0.15, 0.2) is 0 Å². The molecule has 0 spiro atoms. The van der Waals surface area contributed by atoms with Gasteiger partial charge in [-0.3, -0.25) is 0 Å². The van der Waals surface area contributed by atoms with Gasteiger partial charge in [0, 0.05) is 0 Å². The Balaban J connectivity index is 2.39. The average Bonchev–Trinajstić information content (AvgIpc) is 2.26. The first-order valence-corrected chi connectivity index (χ1v) is 4.76. The molecule has 0 fully saturated rings. The van der Waals surface area contributed by atoms with Gasteiger partial charge >= 0.3 is 7.12 Å². The summed E-state index contributed by atoms with van der Waals surface area (Å²) in [5.41, 5.74) is 0.704. The van der Waals surface area contributed by atoms with Gasteiger partial charge in [0.05, 0.1) is 12.7 Å². The molecule has 0 amide bonds. The van der Waals surface area contributed by atoms with Crippen LogP contribution in [-0.2, 0) is 4.65 Å². The van der Waals surface area contributed by atoms with Crippen LogP contribution in [0.15, 0.2) is 30.3 Å². The van der Waals surface area contributed by atoms with E-state index < -0.39 is 13.2 Å². The van der Waals surface area contributed by atoms with Gasteiger partial charge in [0.2, 0.25) is 0 Å². The normalized spacial score (nSPS) is 12.5. The molecular weight excluding hydrogens is 179 g/mol. The summed E-state index contributed by atoms with van der Waals surface area (Å²) < 4.78 is 5.09. The summed E-state index contributed by atoms with van der Waals surface area (Å²) in [6.45, 7) is 2.02. The molecule has 0 aliphatic rings. The first-order valence-electron chi connectivity index (χ1n) is 4.76. The third kappa shape index (κ3) is 3.50. The van der Waals surface area contributed by atoms with E-state index in [1.165, 1.54) is 0 Å². The van der Waals surface area contributed by atoms with E-state index in [4.69, 9.17) is 4.65 Å². The molecule has 0 radical (unpaired) electrons. The third-order valence-electron chi connectivity index (χ3n) is 2.00. The van der Waals surface area contributed by atoms with E-state index in [1.54, 1.807) is 12.1 Å². The molecule has 0 bridgehead atoms. The van der Waals surface area contributed by atoms with E-state index >= 15 is 0 Å². The Kier molecular flexibility index (Phi) is 4.66. The molecule has 1 rings (SSSR count). The predicted octanol–water partition coefficient (Wildman–Crippen LogP) is 0.162. The van der Waals surface area contributed by atoms with Crippen LogP contribution in [0.5, 0.6) is 0 Å². The van der Waals surface area contributed by atoms with E-state index in [9.17, 15) is 10.1 Å². The highest BCUT2D eigenvalue weighted by atomic mass is 16.5. The molecule has 0 saturated heterocycles. The molecule has 14 heavy (non-hydrogen) atoms. The van der Waals surface area contributed by atoms with E-state index in [1.807, 2.05) is 25.1 Å². The van der Waals surface area contributed by atoms with E-state index in [0.717, 1.165) is 0 Å². The van der Waals surface area contributed by atoms with Crippen molar-refractivity contribution in [3.8, 4) is 0 Å². The lowest BCUT2D eigenvalue weighted by atomic mass is 9.80. The van der Waals surface area contributed by atoms with Crippen LogP contribution in [0.25, 0.3) is 0 Å². The Hall–Kier alpha value is -0.835. The monoisotopic (exact) mass is 194 g/mol. The van der Waals surface area contributed by atoms with Crippen molar-refractivity contribution in [2.45, 2.75) is 19.4 Å². The van der Waals surface area contributed by atoms with Crippen molar-refractivity contribution >= 4 is 12.6 Å². The molecule has 1 unspecified atom stereocenters. The maximum atomic E-state index is 9.53. The molecule has 0 aliphatic heterocycles. The highest BCUT2D eigenvalue weighted by Crippen LogP contribution is 1.93. The second-order valence-corrected chi connectivity index (χ2v) is 3.16. The largest absolute Gasteiger partial charge is 0.491 e. The zero-order chi connectivity index (χ0) is 10.4. The molecule has 0 aromatic heterocycles. The molecule has 0 aliphatic carbocycles. The number of hydrogen-bond acceptors (Lipinski definition) is 3. The zero-order valence-electron chi connectivity index (χ0n) is 8.26. The third-order valence-corrected chi connectivity index (χ3v) is 2.00. The van der Waals surface area contributed by atoms with E-state index in [-0.39, 0.29) is 6.61 Å². The fraction of sp³-hybridized carbons (Fsp3) is 0.400. The van der Waals surface area contributed by atoms with Gasteiger partial charge in [0.1, 0.15) is 0 Å². The van der Waals surface area contributed by atoms with E-state index in [2.05, 4.69) is 0 Å². The predicted molar refractivity (Wildman–Crippen MR) is 56.3 cm³/mol. The number of rotatable bonds is 5. The molecule has 4 heteroatoms. The van der Waals surface area contributed by atoms with Crippen molar-refractivity contribution in [2.75, 3.05) is 6.61 Å². The molecule has 1 aromatic rings. The minimum absolute atomic E-state index is 0.159. The Morgan fingerprint density at radius 2 is 2.00 bits per heavy atom. The maximum Gasteiger partial charge on any atom is 0.491 e. The quantitative estimate of drug-likeness (QED) is 0.656. The average molecular weight is 194 g/mol. The summed E-state index contributed by atoms with van der Waals surface area (Å²) in [5.74, 6) is 0. The number of aliphatic hydroxyl groups excluding tert-OH is 1. The first-order chi connectivity index (χ1) is 6.74. The van der Waals surface area contributed by atoms with Crippen LogP contribution in [-0.4, -0.2) is 30.0 Å². The standard InChI is InChI=1S/C10H15BO3/c1-2-10(12)8-14-11(13)9-6-4-3-5-7-9/h3-7,10,12-13H,2,8H2,1H3. The van der Waals surface area contributed by atoms with Gasteiger partial charge in [0.25, 0.3) is 0 Å². The van der Waals surface area contributed by atoms with Crippen LogP contribution in [0.1, 0.15) is 13.3 Å². The minimum atomic E-state index is -0.947. The first kappa shape index (κ1) is 11.2. The zero-order valence-corrected chi connectivity index (χ0v) is 8.26. The summed E-state index contributed by atoms with van der Waals surface area (Å²) in [7, 11) is -0.947. The van der Waals surface area contributed by atoms with Gasteiger partial charge in [-0.25, -0.2) is 0 Å². The van der Waals surface area contributed by atoms with Crippen LogP contribution < -0.4 is 5.46 Å². The smallest absolute Gasteiger partial charge is 0.423 e. The molecule has 3 nitrogen and oxygen atoms in total. The van der Waals surface area contributed by atoms with Crippen molar-refractivity contribution in [3.63, 3.8) is 0 Å². The summed E-state index contributed by atoms with van der Waals surface area (Å²) in [6, 6.07) is 9.10. The fourth-order valence-electron chi connectivity index (χ4n) is 1.03. The lowest BCUT2D eigenvalue weighted by Gasteiger charge is -2.11. The number of hydrogen-bond donors (Lipinski definition) is 2. The van der Waals surface area contributed by atoms with E-state index in [0.29, 0.717) is 11.9 Å². The highest BCUT2D eigenvalue weighted by Gasteiger charge is 2.16. The molecule has 0 saturated carbocycles. The molecule has 76 valence electrons. The fourth-order valence-corrected chi connectivity index (χ4v) is 1.03. The summed E-state index contributed by atoms with van der Waals surface area (Å²) in [6.07, 6.45) is 0.120. The van der Waals surface area contributed by atoms with Crippen LogP contribution in [0.2, 0.25) is 0 Å². The second kappa shape index (κ2) is 5.80. The molecular formula is C10H15BO3. The molecule has 2 N–H and O–H groups in total. The Morgan fingerprint density at radius 3 is 2.57 bits per heavy atom. The van der Waals surface area contributed by atoms with Crippen LogP contribution in [0, 0.1) is 0 Å². The maximum absolute atomic E-state index is 9.53. The molecule has 1 atom stereocenters. The molecule has 0 heterocycles. The number of aliphatic hydroxyl groups is 1. The lowest BCUT2D eigenvalue weighted by Crippen LogP contribution is -2.35. The summed E-state index contributed by atoms with van der Waals surface area (Å²) in [4.78, 5) is 0. The van der Waals surface area contributed by atoms with Gasteiger partial charge in [-0.15, -0.1) is 0 Å². The lowest BCUT2D eigenvalue weighted by molar-refractivity contribution is 0.0949. The van der Waals surface area contributed by atoms with Crippen LogP contribution in [0.3, 0.4) is 0 Å². The van der Waals surface area contributed by atoms with Gasteiger partial charge < -0.3 is 14.8 Å². The van der Waals surface area contributed by atoms with Crippen LogP contribution >= 0.6 is 0 Å². The second-order valence-electron chi connectivity index (χ2n) is 3.16.